The van der Waals surface area contributed by atoms with Crippen LogP contribution in [0.15, 0.2) is 29.3 Å². The molecule has 4 nitrogen and oxygen atoms in total. The molecule has 1 aromatic carbocycles. The van der Waals surface area contributed by atoms with E-state index in [1.807, 2.05) is 7.05 Å². The Morgan fingerprint density at radius 2 is 2.09 bits per heavy atom. The fourth-order valence-electron chi connectivity index (χ4n) is 3.35. The molecule has 1 aliphatic carbocycles. The van der Waals surface area contributed by atoms with Gasteiger partial charge in [0.05, 0.1) is 6.10 Å². The number of nitrogens with zero attached hydrogens (tertiary/aromatic N) is 1. The molecule has 1 atom stereocenters. The number of benzene rings is 1. The van der Waals surface area contributed by atoms with Gasteiger partial charge < -0.3 is 15.4 Å². The number of nitrogens with one attached hydrogen (secondary N) is 2. The number of aryl methyl sites for hydroxylation is 1. The Labute approximate surface area is 156 Å². The molecule has 2 N–H and O–H groups in total. The second-order valence-corrected chi connectivity index (χ2v) is 6.54. The lowest BCUT2D eigenvalue weighted by Gasteiger charge is -2.21. The van der Waals surface area contributed by atoms with Crippen LogP contribution in [0.5, 0.6) is 0 Å². The van der Waals surface area contributed by atoms with E-state index >= 15 is 0 Å². The molecule has 1 heterocycles. The summed E-state index contributed by atoms with van der Waals surface area (Å²) in [6.07, 6.45) is 5.18. The van der Waals surface area contributed by atoms with E-state index in [9.17, 15) is 0 Å². The van der Waals surface area contributed by atoms with E-state index in [-0.39, 0.29) is 24.0 Å². The van der Waals surface area contributed by atoms with Crippen molar-refractivity contribution in [1.29, 1.82) is 0 Å². The number of rotatable bonds is 5. The van der Waals surface area contributed by atoms with Crippen LogP contribution >= 0.6 is 24.0 Å². The van der Waals surface area contributed by atoms with Crippen LogP contribution in [0.1, 0.15) is 36.8 Å². The first-order valence-corrected chi connectivity index (χ1v) is 8.36. The molecule has 23 heavy (non-hydrogen) atoms. The van der Waals surface area contributed by atoms with Crippen LogP contribution in [0.25, 0.3) is 0 Å². The molecule has 0 spiro atoms. The predicted molar refractivity (Wildman–Crippen MR) is 106 cm³/mol. The maximum Gasteiger partial charge on any atom is 0.191 e. The minimum atomic E-state index is 0. The summed E-state index contributed by atoms with van der Waals surface area (Å²) < 4.78 is 5.65. The molecule has 0 radical (unpaired) electrons. The summed E-state index contributed by atoms with van der Waals surface area (Å²) in [5, 5.41) is 6.90. The molecule has 2 aliphatic rings. The summed E-state index contributed by atoms with van der Waals surface area (Å²) in [5.41, 5.74) is 3.17. The van der Waals surface area contributed by atoms with Gasteiger partial charge in [-0.3, -0.25) is 4.99 Å². The lowest BCUT2D eigenvalue weighted by Crippen LogP contribution is -2.43. The number of hydrogen-bond donors (Lipinski definition) is 2. The van der Waals surface area contributed by atoms with Crippen molar-refractivity contribution >= 4 is 29.9 Å². The van der Waals surface area contributed by atoms with Crippen molar-refractivity contribution in [2.45, 2.75) is 44.1 Å². The van der Waals surface area contributed by atoms with Gasteiger partial charge in [-0.25, -0.2) is 0 Å². The normalized spacial score (nSPS) is 22.3. The predicted octanol–water partition coefficient (Wildman–Crippen LogP) is 2.99. The van der Waals surface area contributed by atoms with Gasteiger partial charge in [-0.1, -0.05) is 24.3 Å². The first-order chi connectivity index (χ1) is 10.7. The molecule has 1 saturated carbocycles. The SMILES string of the molecule is CN=C(NCC1CCCO1)NCC1(c2ccccc2C)CC1.I. The highest BCUT2D eigenvalue weighted by atomic mass is 127. The van der Waals surface area contributed by atoms with Crippen molar-refractivity contribution in [3.8, 4) is 0 Å². The molecular formula is C18H28IN3O. The average Bonchev–Trinajstić information content (AvgIpc) is 3.13. The lowest BCUT2D eigenvalue weighted by atomic mass is 9.92. The zero-order chi connectivity index (χ0) is 15.4. The van der Waals surface area contributed by atoms with E-state index in [4.69, 9.17) is 4.74 Å². The number of ether oxygens (including phenoxy) is 1. The van der Waals surface area contributed by atoms with E-state index in [2.05, 4.69) is 46.8 Å². The molecule has 5 heteroatoms. The van der Waals surface area contributed by atoms with Gasteiger partial charge in [-0.2, -0.15) is 0 Å². The summed E-state index contributed by atoms with van der Waals surface area (Å²) in [5.74, 6) is 0.885. The van der Waals surface area contributed by atoms with Gasteiger partial charge in [0.15, 0.2) is 5.96 Å². The van der Waals surface area contributed by atoms with Crippen LogP contribution in [-0.2, 0) is 10.2 Å². The van der Waals surface area contributed by atoms with E-state index in [0.717, 1.165) is 32.1 Å². The summed E-state index contributed by atoms with van der Waals surface area (Å²) in [6.45, 7) is 4.90. The molecular weight excluding hydrogens is 401 g/mol. The molecule has 1 aromatic rings. The third kappa shape index (κ3) is 4.59. The van der Waals surface area contributed by atoms with Gasteiger partial charge in [0.2, 0.25) is 0 Å². The third-order valence-electron chi connectivity index (χ3n) is 4.91. The van der Waals surface area contributed by atoms with E-state index in [1.54, 1.807) is 0 Å². The van der Waals surface area contributed by atoms with Crippen LogP contribution < -0.4 is 10.6 Å². The van der Waals surface area contributed by atoms with Crippen molar-refractivity contribution in [2.24, 2.45) is 4.99 Å². The Kier molecular flexibility index (Phi) is 6.71. The van der Waals surface area contributed by atoms with Gasteiger partial charge in [0.25, 0.3) is 0 Å². The van der Waals surface area contributed by atoms with Gasteiger partial charge in [-0.15, -0.1) is 24.0 Å². The maximum absolute atomic E-state index is 5.65. The minimum Gasteiger partial charge on any atom is -0.376 e. The standard InChI is InChI=1S/C18H27N3O.HI/c1-14-6-3-4-8-16(14)18(9-10-18)13-21-17(19-2)20-12-15-7-5-11-22-15;/h3-4,6,8,15H,5,7,9-13H2,1-2H3,(H2,19,20,21);1H. The highest BCUT2D eigenvalue weighted by Crippen LogP contribution is 2.48. The van der Waals surface area contributed by atoms with Crippen LogP contribution in [0, 0.1) is 6.92 Å². The van der Waals surface area contributed by atoms with Crippen molar-refractivity contribution < 1.29 is 4.74 Å². The fourth-order valence-corrected chi connectivity index (χ4v) is 3.35. The molecule has 128 valence electrons. The van der Waals surface area contributed by atoms with Gasteiger partial charge >= 0.3 is 0 Å². The number of aliphatic imine (C=N–C) groups is 1. The van der Waals surface area contributed by atoms with E-state index < -0.39 is 0 Å². The average molecular weight is 429 g/mol. The summed E-state index contributed by atoms with van der Waals surface area (Å²) >= 11 is 0. The molecule has 1 unspecified atom stereocenters. The molecule has 2 fully saturated rings. The minimum absolute atomic E-state index is 0. The Balaban J connectivity index is 0.00000192. The van der Waals surface area contributed by atoms with Gasteiger partial charge in [0.1, 0.15) is 0 Å². The summed E-state index contributed by atoms with van der Waals surface area (Å²) in [7, 11) is 1.83. The summed E-state index contributed by atoms with van der Waals surface area (Å²) in [4.78, 5) is 4.33. The first kappa shape index (κ1) is 18.5. The van der Waals surface area contributed by atoms with E-state index in [0.29, 0.717) is 11.5 Å². The van der Waals surface area contributed by atoms with E-state index in [1.165, 1.54) is 30.4 Å². The smallest absolute Gasteiger partial charge is 0.191 e. The zero-order valence-corrected chi connectivity index (χ0v) is 16.4. The Morgan fingerprint density at radius 1 is 1.30 bits per heavy atom. The highest BCUT2D eigenvalue weighted by Gasteiger charge is 2.44. The first-order valence-electron chi connectivity index (χ1n) is 8.36. The largest absolute Gasteiger partial charge is 0.376 e. The van der Waals surface area contributed by atoms with Crippen molar-refractivity contribution in [3.63, 3.8) is 0 Å². The Hall–Kier alpha value is -0.820. The zero-order valence-electron chi connectivity index (χ0n) is 14.1. The Bertz CT molecular complexity index is 537. The topological polar surface area (TPSA) is 45.7 Å². The van der Waals surface area contributed by atoms with Gasteiger partial charge in [-0.05, 0) is 43.7 Å². The molecule has 0 aromatic heterocycles. The number of guanidine groups is 1. The molecule has 0 amide bonds. The highest BCUT2D eigenvalue weighted by molar-refractivity contribution is 14.0. The molecule has 1 saturated heterocycles. The third-order valence-corrected chi connectivity index (χ3v) is 4.91. The van der Waals surface area contributed by atoms with Crippen LogP contribution in [-0.4, -0.2) is 38.8 Å². The lowest BCUT2D eigenvalue weighted by molar-refractivity contribution is 0.114. The second kappa shape index (κ2) is 8.33. The summed E-state index contributed by atoms with van der Waals surface area (Å²) in [6, 6.07) is 8.74. The van der Waals surface area contributed by atoms with Crippen molar-refractivity contribution in [1.82, 2.24) is 10.6 Å². The molecule has 1 aliphatic heterocycles. The van der Waals surface area contributed by atoms with Crippen LogP contribution in [0.4, 0.5) is 0 Å². The van der Waals surface area contributed by atoms with Gasteiger partial charge in [0, 0.05) is 32.2 Å². The maximum atomic E-state index is 5.65. The monoisotopic (exact) mass is 429 g/mol. The number of halogens is 1. The molecule has 3 rings (SSSR count). The quantitative estimate of drug-likeness (QED) is 0.430. The van der Waals surface area contributed by atoms with Crippen molar-refractivity contribution in [3.05, 3.63) is 35.4 Å². The number of hydrogen-bond acceptors (Lipinski definition) is 2. The molecule has 0 bridgehead atoms. The van der Waals surface area contributed by atoms with Crippen LogP contribution in [0.2, 0.25) is 0 Å². The van der Waals surface area contributed by atoms with Crippen LogP contribution in [0.3, 0.4) is 0 Å². The van der Waals surface area contributed by atoms with Crippen molar-refractivity contribution in [2.75, 3.05) is 26.7 Å². The Morgan fingerprint density at radius 3 is 2.70 bits per heavy atom. The second-order valence-electron chi connectivity index (χ2n) is 6.54. The fraction of sp³-hybridized carbons (Fsp3) is 0.611.